The maximum atomic E-state index is 12.4. The maximum absolute atomic E-state index is 12.4. The third-order valence-electron chi connectivity index (χ3n) is 5.82. The number of amides is 1. The predicted octanol–water partition coefficient (Wildman–Crippen LogP) is 1.48. The summed E-state index contributed by atoms with van der Waals surface area (Å²) in [4.78, 5) is 20.5. The highest BCUT2D eigenvalue weighted by Crippen LogP contribution is 2.31. The van der Waals surface area contributed by atoms with E-state index in [0.29, 0.717) is 36.2 Å². The van der Waals surface area contributed by atoms with Gasteiger partial charge in [-0.15, -0.1) is 0 Å². The van der Waals surface area contributed by atoms with Gasteiger partial charge >= 0.3 is 0 Å². The second kappa shape index (κ2) is 9.08. The average molecular weight is 452 g/mol. The largest absolute Gasteiger partial charge is 0.724 e. The van der Waals surface area contributed by atoms with Crippen LogP contribution in [0.4, 0.5) is 10.8 Å². The monoisotopic (exact) mass is 451 g/mol. The molecule has 11 heteroatoms. The first-order valence-electron chi connectivity index (χ1n) is 9.96. The van der Waals surface area contributed by atoms with Gasteiger partial charge in [0.25, 0.3) is 5.91 Å². The van der Waals surface area contributed by atoms with Crippen molar-refractivity contribution in [2.45, 2.75) is 19.4 Å². The number of hydroxylamine groups is 1. The number of piperazine rings is 1. The number of benzene rings is 1. The van der Waals surface area contributed by atoms with Crippen LogP contribution < -0.4 is 14.3 Å². The molecular weight excluding hydrogens is 426 g/mol. The van der Waals surface area contributed by atoms with Crippen LogP contribution in [0.1, 0.15) is 28.1 Å². The molecule has 4 rings (SSSR count). The second-order valence-corrected chi connectivity index (χ2v) is 9.78. The number of quaternary nitrogens is 1. The van der Waals surface area contributed by atoms with Crippen LogP contribution in [0.25, 0.3) is 0 Å². The van der Waals surface area contributed by atoms with Gasteiger partial charge in [0.15, 0.2) is 16.4 Å². The van der Waals surface area contributed by atoms with Crippen molar-refractivity contribution in [2.24, 2.45) is 0 Å². The molecule has 1 unspecified atom stereocenters. The Morgan fingerprint density at radius 2 is 2.00 bits per heavy atom. The fourth-order valence-electron chi connectivity index (χ4n) is 4.15. The molecule has 1 aromatic heterocycles. The Kier molecular flexibility index (Phi) is 6.46. The van der Waals surface area contributed by atoms with Gasteiger partial charge in [0, 0.05) is 18.7 Å². The number of hydrogen-bond acceptors (Lipinski definition) is 8. The molecule has 0 spiro atoms. The zero-order valence-electron chi connectivity index (χ0n) is 16.5. The van der Waals surface area contributed by atoms with Crippen molar-refractivity contribution in [1.82, 2.24) is 19.3 Å². The van der Waals surface area contributed by atoms with Gasteiger partial charge in [-0.05, 0) is 31.5 Å². The number of carbonyl (C=O) groups is 1. The van der Waals surface area contributed by atoms with Crippen LogP contribution in [-0.4, -0.2) is 69.0 Å². The van der Waals surface area contributed by atoms with Gasteiger partial charge in [-0.1, -0.05) is 23.5 Å². The van der Waals surface area contributed by atoms with Gasteiger partial charge in [0.2, 0.25) is 0 Å². The second-order valence-electron chi connectivity index (χ2n) is 7.64. The lowest BCUT2D eigenvalue weighted by atomic mass is 10.1. The van der Waals surface area contributed by atoms with Gasteiger partial charge in [-0.25, -0.2) is 18.6 Å². The molecule has 0 aliphatic carbocycles. The molecule has 0 saturated carbocycles. The first-order valence-corrected chi connectivity index (χ1v) is 11.8. The maximum Gasteiger partial charge on any atom is 0.286 e. The number of rotatable bonds is 6. The number of nitrogens with one attached hydrogen (secondary N) is 1. The number of likely N-dealkylation sites (tertiary alicyclic amines) is 1. The van der Waals surface area contributed by atoms with E-state index in [4.69, 9.17) is 5.21 Å². The van der Waals surface area contributed by atoms with E-state index in [1.165, 1.54) is 30.4 Å². The predicted molar refractivity (Wildman–Crippen MR) is 115 cm³/mol. The fraction of sp³-hybridized carbons (Fsp3) is 0.474. The summed E-state index contributed by atoms with van der Waals surface area (Å²) in [5.41, 5.74) is 3.53. The van der Waals surface area contributed by atoms with E-state index in [9.17, 15) is 13.6 Å². The molecule has 2 N–H and O–H groups in total. The van der Waals surface area contributed by atoms with E-state index in [-0.39, 0.29) is 3.89 Å². The third-order valence-corrected chi connectivity index (χ3v) is 8.03. The Morgan fingerprint density at radius 3 is 2.67 bits per heavy atom. The highest BCUT2D eigenvalue weighted by Gasteiger charge is 2.38. The van der Waals surface area contributed by atoms with Crippen molar-refractivity contribution in [1.29, 1.82) is 0 Å². The van der Waals surface area contributed by atoms with Crippen molar-refractivity contribution < 1.29 is 18.8 Å². The number of carbonyl (C=O) groups excluding carboxylic acids is 1. The lowest BCUT2D eigenvalue weighted by Crippen LogP contribution is -2.61. The molecule has 0 radical (unpaired) electrons. The molecule has 1 atom stereocenters. The van der Waals surface area contributed by atoms with Gasteiger partial charge in [0.05, 0.1) is 19.3 Å². The van der Waals surface area contributed by atoms with Crippen molar-refractivity contribution in [3.8, 4) is 0 Å². The summed E-state index contributed by atoms with van der Waals surface area (Å²) in [6.07, 6.45) is 3.85. The van der Waals surface area contributed by atoms with Crippen LogP contribution in [-0.2, 0) is 17.8 Å². The molecule has 1 aromatic carbocycles. The number of nitrogens with zero attached hydrogens (tertiary/aromatic N) is 4. The summed E-state index contributed by atoms with van der Waals surface area (Å²) < 4.78 is 24.6. The molecule has 2 aromatic rings. The van der Waals surface area contributed by atoms with Crippen LogP contribution >= 0.6 is 11.3 Å². The van der Waals surface area contributed by atoms with Gasteiger partial charge in [-0.2, -0.15) is 0 Å². The minimum absolute atomic E-state index is 0.111. The fourth-order valence-corrected chi connectivity index (χ4v) is 5.76. The highest BCUT2D eigenvalue weighted by molar-refractivity contribution is 7.78. The van der Waals surface area contributed by atoms with E-state index >= 15 is 0 Å². The van der Waals surface area contributed by atoms with Crippen LogP contribution in [0.15, 0.2) is 30.5 Å². The van der Waals surface area contributed by atoms with Gasteiger partial charge in [-0.3, -0.25) is 14.9 Å². The van der Waals surface area contributed by atoms with Crippen LogP contribution in [0.2, 0.25) is 0 Å². The summed E-state index contributed by atoms with van der Waals surface area (Å²) >= 11 is -1.14. The number of aromatic nitrogens is 1. The van der Waals surface area contributed by atoms with Crippen LogP contribution in [0.5, 0.6) is 0 Å². The van der Waals surface area contributed by atoms with Crippen molar-refractivity contribution in [3.63, 3.8) is 0 Å². The summed E-state index contributed by atoms with van der Waals surface area (Å²) in [7, 11) is 0. The Bertz CT molecular complexity index is 923. The summed E-state index contributed by atoms with van der Waals surface area (Å²) in [5.74, 6) is -0.601. The number of anilines is 1. The molecule has 2 saturated heterocycles. The van der Waals surface area contributed by atoms with E-state index < -0.39 is 17.2 Å². The van der Waals surface area contributed by atoms with E-state index in [1.54, 1.807) is 5.48 Å². The Labute approximate surface area is 181 Å². The molecule has 2 aliphatic rings. The Morgan fingerprint density at radius 1 is 1.27 bits per heavy atom. The molecule has 9 nitrogen and oxygen atoms in total. The minimum atomic E-state index is -2.32. The van der Waals surface area contributed by atoms with E-state index in [0.717, 1.165) is 30.9 Å². The quantitative estimate of drug-likeness (QED) is 0.296. The highest BCUT2D eigenvalue weighted by atomic mass is 32.2. The zero-order chi connectivity index (χ0) is 21.1. The van der Waals surface area contributed by atoms with Gasteiger partial charge in [0.1, 0.15) is 23.7 Å². The van der Waals surface area contributed by atoms with E-state index in [2.05, 4.69) is 16.0 Å². The molecule has 162 valence electrons. The molecule has 0 bridgehead atoms. The minimum Gasteiger partial charge on any atom is -0.724 e. The van der Waals surface area contributed by atoms with Crippen LogP contribution in [0.3, 0.4) is 0 Å². The summed E-state index contributed by atoms with van der Waals surface area (Å²) in [6, 6.07) is 7.93. The topological polar surface area (TPSA) is 109 Å². The smallest absolute Gasteiger partial charge is 0.286 e. The standard InChI is InChI=1S/C19H25N5O4S2/c25-18(21-26)17-13-20-19(29-17)23-8-10-24(11-9-23,30(27)28)16-5-3-4-15(12-16)14-22-6-1-2-7-22/h3-5,12-13H,1-2,6-11,14H2,(H2-,21,25,26,27,28). The zero-order valence-corrected chi connectivity index (χ0v) is 18.2. The molecule has 3 heterocycles. The molecule has 30 heavy (non-hydrogen) atoms. The number of thiazole rings is 1. The lowest BCUT2D eigenvalue weighted by Gasteiger charge is -2.44. The Hall–Kier alpha value is -1.89. The molecule has 2 fully saturated rings. The normalized spacial score (nSPS) is 20.3. The summed E-state index contributed by atoms with van der Waals surface area (Å²) in [5, 5.41) is 9.41. The average Bonchev–Trinajstić information content (AvgIpc) is 3.45. The lowest BCUT2D eigenvalue weighted by molar-refractivity contribution is 0.0710. The third kappa shape index (κ3) is 4.27. The first kappa shape index (κ1) is 21.3. The SMILES string of the molecule is O=C(NO)c1cnc(N2CC[N+](c3cccc(CN4CCCC4)c3)(S(=O)[O-])CC2)s1. The van der Waals surface area contributed by atoms with Crippen molar-refractivity contribution in [3.05, 3.63) is 40.9 Å². The molecule has 1 amide bonds. The van der Waals surface area contributed by atoms with Crippen molar-refractivity contribution >= 4 is 39.3 Å². The van der Waals surface area contributed by atoms with E-state index in [1.807, 2.05) is 23.1 Å². The molecular formula is C19H25N5O4S2. The molecule has 2 aliphatic heterocycles. The Balaban J connectivity index is 1.50. The summed E-state index contributed by atoms with van der Waals surface area (Å²) in [6.45, 7) is 4.82. The number of hydrogen-bond donors (Lipinski definition) is 2. The first-order chi connectivity index (χ1) is 14.5. The van der Waals surface area contributed by atoms with Gasteiger partial charge < -0.3 is 9.45 Å². The van der Waals surface area contributed by atoms with Crippen molar-refractivity contribution in [2.75, 3.05) is 44.2 Å². The van der Waals surface area contributed by atoms with Crippen LogP contribution in [0, 0.1) is 0 Å².